The first kappa shape index (κ1) is 11.1. The van der Waals surface area contributed by atoms with Crippen molar-refractivity contribution in [2.75, 3.05) is 7.11 Å². The fraction of sp³-hybridized carbons (Fsp3) is 0.182. The molecule has 84 valence electrons. The third-order valence-corrected chi connectivity index (χ3v) is 2.99. The van der Waals surface area contributed by atoms with Crippen molar-refractivity contribution >= 4 is 15.9 Å². The van der Waals surface area contributed by atoms with Crippen molar-refractivity contribution in [3.8, 4) is 5.75 Å². The molecule has 3 nitrogen and oxygen atoms in total. The summed E-state index contributed by atoms with van der Waals surface area (Å²) in [5.74, 6) is 0.421. The number of aromatic nitrogens is 2. The van der Waals surface area contributed by atoms with Gasteiger partial charge in [-0.2, -0.15) is 5.10 Å². The van der Waals surface area contributed by atoms with Crippen molar-refractivity contribution in [2.24, 2.45) is 0 Å². The fourth-order valence-electron chi connectivity index (χ4n) is 1.41. The molecule has 0 saturated carbocycles. The van der Waals surface area contributed by atoms with Gasteiger partial charge in [-0.15, -0.1) is 0 Å². The van der Waals surface area contributed by atoms with Gasteiger partial charge in [0.15, 0.2) is 5.75 Å². The Kier molecular flexibility index (Phi) is 3.24. The summed E-state index contributed by atoms with van der Waals surface area (Å²) in [6.45, 7) is 0.502. The van der Waals surface area contributed by atoms with Crippen LogP contribution >= 0.6 is 15.9 Å². The molecule has 0 aliphatic heterocycles. The molecule has 1 aromatic heterocycles. The number of hydrogen-bond acceptors (Lipinski definition) is 2. The summed E-state index contributed by atoms with van der Waals surface area (Å²) in [6, 6.07) is 6.44. The van der Waals surface area contributed by atoms with E-state index in [-0.39, 0.29) is 5.82 Å². The molecular formula is C11H10BrFN2O. The highest BCUT2D eigenvalue weighted by Gasteiger charge is 2.08. The van der Waals surface area contributed by atoms with E-state index in [0.29, 0.717) is 12.3 Å². The average molecular weight is 285 g/mol. The van der Waals surface area contributed by atoms with E-state index in [1.165, 1.54) is 12.1 Å². The van der Waals surface area contributed by atoms with Crippen LogP contribution in [-0.4, -0.2) is 16.9 Å². The minimum atomic E-state index is -0.243. The second kappa shape index (κ2) is 4.65. The molecule has 0 saturated heterocycles. The molecule has 0 bridgehead atoms. The molecule has 0 amide bonds. The number of ether oxygens (including phenoxy) is 1. The topological polar surface area (TPSA) is 27.1 Å². The van der Waals surface area contributed by atoms with Crippen LogP contribution in [0.2, 0.25) is 0 Å². The predicted octanol–water partition coefficient (Wildman–Crippen LogP) is 2.84. The second-order valence-electron chi connectivity index (χ2n) is 3.29. The molecule has 0 spiro atoms. The number of hydrogen-bond donors (Lipinski definition) is 0. The van der Waals surface area contributed by atoms with Gasteiger partial charge in [0, 0.05) is 0 Å². The molecule has 1 aromatic carbocycles. The lowest BCUT2D eigenvalue weighted by Gasteiger charge is -2.04. The van der Waals surface area contributed by atoms with Gasteiger partial charge in [-0.3, -0.25) is 4.68 Å². The Morgan fingerprint density at radius 1 is 1.50 bits per heavy atom. The van der Waals surface area contributed by atoms with Crippen LogP contribution in [-0.2, 0) is 6.54 Å². The van der Waals surface area contributed by atoms with Crippen molar-refractivity contribution in [2.45, 2.75) is 6.54 Å². The predicted molar refractivity (Wildman–Crippen MR) is 62.0 cm³/mol. The number of nitrogens with zero attached hydrogens (tertiary/aromatic N) is 2. The molecule has 0 aliphatic rings. The lowest BCUT2D eigenvalue weighted by molar-refractivity contribution is 0.411. The van der Waals surface area contributed by atoms with Gasteiger partial charge >= 0.3 is 0 Å². The standard InChI is InChI=1S/C11H10BrFN2O/c1-16-10-6-14-15(11(10)12)7-8-3-2-4-9(13)5-8/h2-6H,7H2,1H3. The third kappa shape index (κ3) is 2.24. The van der Waals surface area contributed by atoms with Gasteiger partial charge in [0.2, 0.25) is 0 Å². The van der Waals surface area contributed by atoms with Crippen LogP contribution in [0.25, 0.3) is 0 Å². The number of benzene rings is 1. The third-order valence-electron chi connectivity index (χ3n) is 2.19. The molecule has 0 fully saturated rings. The highest BCUT2D eigenvalue weighted by atomic mass is 79.9. The Labute approximate surface area is 101 Å². The minimum Gasteiger partial charge on any atom is -0.492 e. The minimum absolute atomic E-state index is 0.243. The molecule has 1 heterocycles. The fourth-order valence-corrected chi connectivity index (χ4v) is 1.89. The van der Waals surface area contributed by atoms with Crippen LogP contribution in [0.1, 0.15) is 5.56 Å². The van der Waals surface area contributed by atoms with Gasteiger partial charge in [0.05, 0.1) is 19.9 Å². The van der Waals surface area contributed by atoms with Gasteiger partial charge in [0.25, 0.3) is 0 Å². The maximum Gasteiger partial charge on any atom is 0.171 e. The maximum absolute atomic E-state index is 13.0. The first-order chi connectivity index (χ1) is 7.70. The number of halogens is 2. The van der Waals surface area contributed by atoms with Gasteiger partial charge in [0.1, 0.15) is 10.4 Å². The van der Waals surface area contributed by atoms with Crippen LogP contribution in [0.15, 0.2) is 35.1 Å². The van der Waals surface area contributed by atoms with E-state index in [9.17, 15) is 4.39 Å². The van der Waals surface area contributed by atoms with Crippen molar-refractivity contribution in [3.63, 3.8) is 0 Å². The van der Waals surface area contributed by atoms with E-state index in [1.807, 2.05) is 6.07 Å². The van der Waals surface area contributed by atoms with Gasteiger partial charge in [-0.25, -0.2) is 4.39 Å². The smallest absolute Gasteiger partial charge is 0.171 e. The van der Waals surface area contributed by atoms with E-state index in [2.05, 4.69) is 21.0 Å². The van der Waals surface area contributed by atoms with Gasteiger partial charge < -0.3 is 4.74 Å². The summed E-state index contributed by atoms with van der Waals surface area (Å²) < 4.78 is 20.5. The van der Waals surface area contributed by atoms with Crippen LogP contribution in [0, 0.1) is 5.82 Å². The van der Waals surface area contributed by atoms with E-state index in [0.717, 1.165) is 10.2 Å². The molecule has 0 unspecified atom stereocenters. The molecule has 0 N–H and O–H groups in total. The van der Waals surface area contributed by atoms with Crippen LogP contribution in [0.4, 0.5) is 4.39 Å². The number of rotatable bonds is 3. The zero-order valence-corrected chi connectivity index (χ0v) is 10.2. The monoisotopic (exact) mass is 284 g/mol. The second-order valence-corrected chi connectivity index (χ2v) is 4.04. The van der Waals surface area contributed by atoms with Crippen LogP contribution < -0.4 is 4.74 Å². The molecule has 2 rings (SSSR count). The Morgan fingerprint density at radius 3 is 2.94 bits per heavy atom. The van der Waals surface area contributed by atoms with E-state index in [1.54, 1.807) is 24.1 Å². The van der Waals surface area contributed by atoms with Crippen molar-refractivity contribution in [3.05, 3.63) is 46.4 Å². The zero-order valence-electron chi connectivity index (χ0n) is 8.65. The quantitative estimate of drug-likeness (QED) is 0.867. The molecule has 16 heavy (non-hydrogen) atoms. The van der Waals surface area contributed by atoms with Gasteiger partial charge in [-0.05, 0) is 33.6 Å². The summed E-state index contributed by atoms with van der Waals surface area (Å²) in [4.78, 5) is 0. The lowest BCUT2D eigenvalue weighted by Crippen LogP contribution is -2.02. The molecule has 5 heteroatoms. The first-order valence-corrected chi connectivity index (χ1v) is 5.49. The van der Waals surface area contributed by atoms with Crippen LogP contribution in [0.5, 0.6) is 5.75 Å². The van der Waals surface area contributed by atoms with Crippen LogP contribution in [0.3, 0.4) is 0 Å². The van der Waals surface area contributed by atoms with Gasteiger partial charge in [-0.1, -0.05) is 12.1 Å². The summed E-state index contributed by atoms with van der Waals surface area (Å²) in [5, 5.41) is 4.13. The highest BCUT2D eigenvalue weighted by Crippen LogP contribution is 2.24. The van der Waals surface area contributed by atoms with E-state index >= 15 is 0 Å². The summed E-state index contributed by atoms with van der Waals surface area (Å²) in [7, 11) is 1.58. The molecule has 0 atom stereocenters. The Bertz CT molecular complexity index is 498. The first-order valence-electron chi connectivity index (χ1n) is 4.70. The molecular weight excluding hydrogens is 275 g/mol. The summed E-state index contributed by atoms with van der Waals surface area (Å²) >= 11 is 3.37. The summed E-state index contributed by atoms with van der Waals surface area (Å²) in [5.41, 5.74) is 0.853. The molecule has 2 aromatic rings. The Hall–Kier alpha value is -1.36. The molecule has 0 aliphatic carbocycles. The SMILES string of the molecule is COc1cnn(Cc2cccc(F)c2)c1Br. The summed E-state index contributed by atoms with van der Waals surface area (Å²) in [6.07, 6.45) is 1.61. The van der Waals surface area contributed by atoms with E-state index < -0.39 is 0 Å². The largest absolute Gasteiger partial charge is 0.492 e. The lowest BCUT2D eigenvalue weighted by atomic mass is 10.2. The Balaban J connectivity index is 2.24. The van der Waals surface area contributed by atoms with Crippen molar-refractivity contribution < 1.29 is 9.13 Å². The maximum atomic E-state index is 13.0. The van der Waals surface area contributed by atoms with E-state index in [4.69, 9.17) is 4.74 Å². The highest BCUT2D eigenvalue weighted by molar-refractivity contribution is 9.10. The molecule has 0 radical (unpaired) electrons. The Morgan fingerprint density at radius 2 is 2.31 bits per heavy atom. The zero-order chi connectivity index (χ0) is 11.5. The number of methoxy groups -OCH3 is 1. The average Bonchev–Trinajstić information content (AvgIpc) is 2.60. The van der Waals surface area contributed by atoms with Crippen molar-refractivity contribution in [1.29, 1.82) is 0 Å². The normalized spacial score (nSPS) is 10.4. The van der Waals surface area contributed by atoms with Crippen molar-refractivity contribution in [1.82, 2.24) is 9.78 Å².